The maximum absolute atomic E-state index is 4.14. The van der Waals surface area contributed by atoms with Crippen LogP contribution in [0.1, 0.15) is 25.8 Å². The first-order valence-corrected chi connectivity index (χ1v) is 7.59. The number of nitrogens with one attached hydrogen (secondary N) is 1. The van der Waals surface area contributed by atoms with E-state index in [9.17, 15) is 0 Å². The first-order chi connectivity index (χ1) is 9.83. The second-order valence-corrected chi connectivity index (χ2v) is 5.17. The van der Waals surface area contributed by atoms with Crippen LogP contribution in [-0.4, -0.2) is 36.1 Å². The summed E-state index contributed by atoms with van der Waals surface area (Å²) in [4.78, 5) is 6.63. The Bertz CT molecular complexity index is 524. The van der Waals surface area contributed by atoms with Crippen molar-refractivity contribution in [3.63, 3.8) is 0 Å². The summed E-state index contributed by atoms with van der Waals surface area (Å²) in [5, 5.41) is 6.00. The van der Waals surface area contributed by atoms with Crippen molar-refractivity contribution in [2.24, 2.45) is 0 Å². The molecule has 1 aromatic carbocycles. The van der Waals surface area contributed by atoms with Gasteiger partial charge in [-0.15, -0.1) is 0 Å². The third-order valence-corrected chi connectivity index (χ3v) is 3.63. The third kappa shape index (κ3) is 4.29. The van der Waals surface area contributed by atoms with Gasteiger partial charge in [0.25, 0.3) is 0 Å². The molecule has 0 bridgehead atoms. The Balaban J connectivity index is 1.80. The molecule has 20 heavy (non-hydrogen) atoms. The molecule has 0 saturated carbocycles. The van der Waals surface area contributed by atoms with Crippen LogP contribution in [0, 0.1) is 0 Å². The highest BCUT2D eigenvalue weighted by Crippen LogP contribution is 2.14. The smallest absolute Gasteiger partial charge is 0.0346 e. The Labute approximate surface area is 122 Å². The lowest BCUT2D eigenvalue weighted by Gasteiger charge is -2.19. The molecule has 0 aliphatic rings. The van der Waals surface area contributed by atoms with E-state index in [1.807, 2.05) is 12.4 Å². The molecule has 2 aromatic rings. The maximum atomic E-state index is 4.14. The molecule has 0 aliphatic carbocycles. The van der Waals surface area contributed by atoms with E-state index >= 15 is 0 Å². The van der Waals surface area contributed by atoms with E-state index in [4.69, 9.17) is 0 Å². The number of aromatic nitrogens is 1. The van der Waals surface area contributed by atoms with Crippen molar-refractivity contribution in [2.75, 3.05) is 26.2 Å². The van der Waals surface area contributed by atoms with Gasteiger partial charge in [-0.1, -0.05) is 26.0 Å². The standard InChI is InChI=1S/C17H25N3/c1-3-10-20(4-2)11-9-19-13-15-5-6-17-14-18-8-7-16(17)12-15/h5-8,12,14,19H,3-4,9-11,13H2,1-2H3. The number of hydrogen-bond acceptors (Lipinski definition) is 3. The lowest BCUT2D eigenvalue weighted by Crippen LogP contribution is -2.32. The summed E-state index contributed by atoms with van der Waals surface area (Å²) < 4.78 is 0. The van der Waals surface area contributed by atoms with Crippen LogP contribution in [0.4, 0.5) is 0 Å². The van der Waals surface area contributed by atoms with Crippen LogP contribution >= 0.6 is 0 Å². The fraction of sp³-hybridized carbons (Fsp3) is 0.471. The van der Waals surface area contributed by atoms with Crippen LogP contribution < -0.4 is 5.32 Å². The summed E-state index contributed by atoms with van der Waals surface area (Å²) >= 11 is 0. The minimum Gasteiger partial charge on any atom is -0.311 e. The van der Waals surface area contributed by atoms with E-state index in [-0.39, 0.29) is 0 Å². The maximum Gasteiger partial charge on any atom is 0.0346 e. The van der Waals surface area contributed by atoms with Gasteiger partial charge in [0, 0.05) is 37.4 Å². The summed E-state index contributed by atoms with van der Waals surface area (Å²) in [6.45, 7) is 9.90. The first kappa shape index (κ1) is 14.9. The van der Waals surface area contributed by atoms with Crippen LogP contribution in [0.2, 0.25) is 0 Å². The zero-order valence-electron chi connectivity index (χ0n) is 12.6. The van der Waals surface area contributed by atoms with E-state index < -0.39 is 0 Å². The summed E-state index contributed by atoms with van der Waals surface area (Å²) in [6, 6.07) is 8.64. The molecule has 0 saturated heterocycles. The predicted octanol–water partition coefficient (Wildman–Crippen LogP) is 3.06. The molecule has 1 aromatic heterocycles. The normalized spacial score (nSPS) is 11.3. The Kier molecular flexibility index (Phi) is 5.96. The van der Waals surface area contributed by atoms with Gasteiger partial charge in [-0.3, -0.25) is 4.98 Å². The molecular weight excluding hydrogens is 246 g/mol. The summed E-state index contributed by atoms with van der Waals surface area (Å²) in [7, 11) is 0. The highest BCUT2D eigenvalue weighted by atomic mass is 15.1. The second kappa shape index (κ2) is 7.98. The molecule has 0 radical (unpaired) electrons. The fourth-order valence-corrected chi connectivity index (χ4v) is 2.46. The molecule has 1 heterocycles. The van der Waals surface area contributed by atoms with Crippen LogP contribution in [0.25, 0.3) is 10.8 Å². The van der Waals surface area contributed by atoms with Crippen LogP contribution in [0.5, 0.6) is 0 Å². The quantitative estimate of drug-likeness (QED) is 0.748. The largest absolute Gasteiger partial charge is 0.311 e. The van der Waals surface area contributed by atoms with Crippen molar-refractivity contribution in [1.29, 1.82) is 0 Å². The number of fused-ring (bicyclic) bond motifs is 1. The van der Waals surface area contributed by atoms with Gasteiger partial charge in [0.2, 0.25) is 0 Å². The number of hydrogen-bond donors (Lipinski definition) is 1. The molecule has 108 valence electrons. The lowest BCUT2D eigenvalue weighted by atomic mass is 10.1. The van der Waals surface area contributed by atoms with Crippen molar-refractivity contribution in [3.8, 4) is 0 Å². The Morgan fingerprint density at radius 2 is 2.00 bits per heavy atom. The predicted molar refractivity (Wildman–Crippen MR) is 85.9 cm³/mol. The number of likely N-dealkylation sites (N-methyl/N-ethyl adjacent to an activating group) is 1. The molecule has 0 spiro atoms. The summed E-state index contributed by atoms with van der Waals surface area (Å²) in [6.07, 6.45) is 4.99. The third-order valence-electron chi connectivity index (χ3n) is 3.63. The Morgan fingerprint density at radius 1 is 1.10 bits per heavy atom. The lowest BCUT2D eigenvalue weighted by molar-refractivity contribution is 0.287. The van der Waals surface area contributed by atoms with E-state index in [1.54, 1.807) is 0 Å². The van der Waals surface area contributed by atoms with Gasteiger partial charge in [-0.2, -0.15) is 0 Å². The van der Waals surface area contributed by atoms with Gasteiger partial charge in [0.1, 0.15) is 0 Å². The van der Waals surface area contributed by atoms with Crippen molar-refractivity contribution >= 4 is 10.8 Å². The number of pyridine rings is 1. The molecule has 0 fully saturated rings. The topological polar surface area (TPSA) is 28.2 Å². The minimum absolute atomic E-state index is 0.932. The van der Waals surface area contributed by atoms with Crippen LogP contribution in [0.15, 0.2) is 36.7 Å². The molecule has 0 unspecified atom stereocenters. The molecule has 3 nitrogen and oxygen atoms in total. The molecular formula is C17H25N3. The summed E-state index contributed by atoms with van der Waals surface area (Å²) in [5.74, 6) is 0. The van der Waals surface area contributed by atoms with E-state index in [0.717, 1.165) is 26.2 Å². The van der Waals surface area contributed by atoms with Crippen molar-refractivity contribution in [2.45, 2.75) is 26.8 Å². The van der Waals surface area contributed by atoms with Crippen molar-refractivity contribution in [3.05, 3.63) is 42.2 Å². The van der Waals surface area contributed by atoms with Gasteiger partial charge in [-0.25, -0.2) is 0 Å². The second-order valence-electron chi connectivity index (χ2n) is 5.17. The van der Waals surface area contributed by atoms with Gasteiger partial charge >= 0.3 is 0 Å². The monoisotopic (exact) mass is 271 g/mol. The van der Waals surface area contributed by atoms with Gasteiger partial charge < -0.3 is 10.2 Å². The molecule has 2 rings (SSSR count). The average molecular weight is 271 g/mol. The SMILES string of the molecule is CCCN(CC)CCNCc1ccc2cnccc2c1. The number of nitrogens with zero attached hydrogens (tertiary/aromatic N) is 2. The first-order valence-electron chi connectivity index (χ1n) is 7.59. The van der Waals surface area contributed by atoms with Gasteiger partial charge in [-0.05, 0) is 42.6 Å². The van der Waals surface area contributed by atoms with E-state index in [0.29, 0.717) is 0 Å². The Morgan fingerprint density at radius 3 is 2.80 bits per heavy atom. The molecule has 1 N–H and O–H groups in total. The average Bonchev–Trinajstić information content (AvgIpc) is 2.50. The van der Waals surface area contributed by atoms with Crippen molar-refractivity contribution in [1.82, 2.24) is 15.2 Å². The van der Waals surface area contributed by atoms with Gasteiger partial charge in [0.15, 0.2) is 0 Å². The highest BCUT2D eigenvalue weighted by molar-refractivity contribution is 5.81. The zero-order chi connectivity index (χ0) is 14.2. The number of rotatable bonds is 8. The van der Waals surface area contributed by atoms with Crippen molar-refractivity contribution < 1.29 is 0 Å². The molecule has 0 aliphatic heterocycles. The van der Waals surface area contributed by atoms with Crippen LogP contribution in [-0.2, 0) is 6.54 Å². The molecule has 0 amide bonds. The van der Waals surface area contributed by atoms with Crippen LogP contribution in [0.3, 0.4) is 0 Å². The minimum atomic E-state index is 0.932. The molecule has 3 heteroatoms. The van der Waals surface area contributed by atoms with E-state index in [1.165, 1.54) is 29.3 Å². The van der Waals surface area contributed by atoms with E-state index in [2.05, 4.69) is 53.3 Å². The Hall–Kier alpha value is -1.45. The zero-order valence-corrected chi connectivity index (χ0v) is 12.6. The highest BCUT2D eigenvalue weighted by Gasteiger charge is 2.00. The summed E-state index contributed by atoms with van der Waals surface area (Å²) in [5.41, 5.74) is 1.34. The van der Waals surface area contributed by atoms with Gasteiger partial charge in [0.05, 0.1) is 0 Å². The fourth-order valence-electron chi connectivity index (χ4n) is 2.46. The number of benzene rings is 1. The molecule has 0 atom stereocenters.